The summed E-state index contributed by atoms with van der Waals surface area (Å²) in [4.78, 5) is 13.7. The summed E-state index contributed by atoms with van der Waals surface area (Å²) in [5.41, 5.74) is 0.198. The zero-order valence-electron chi connectivity index (χ0n) is 12.5. The molecule has 8 heteroatoms. The van der Waals surface area contributed by atoms with Crippen molar-refractivity contribution in [2.24, 2.45) is 0 Å². The van der Waals surface area contributed by atoms with Crippen molar-refractivity contribution in [2.75, 3.05) is 0 Å². The standard InChI is InChI=1S/C9H5F2N2.C6H5NO2.CH3.Ir/c10-7-2-3-9(8(11)6-7)13-5-1-4-12-13;8-6(9)5-3-1-2-4-7-5;;/h1-2,4-6H;1-4H,(H,8,9);1H3;/q-1;;-1;. The summed E-state index contributed by atoms with van der Waals surface area (Å²) in [6.45, 7) is 0. The molecule has 0 aliphatic carbocycles. The number of hydrogen-bond acceptors (Lipinski definition) is 3. The number of rotatable bonds is 2. The molecule has 1 N–H and O–H groups in total. The average molecular weight is 510 g/mol. The summed E-state index contributed by atoms with van der Waals surface area (Å²) in [7, 11) is 0. The number of aromatic nitrogens is 3. The van der Waals surface area contributed by atoms with Crippen molar-refractivity contribution >= 4 is 5.97 Å². The predicted molar refractivity (Wildman–Crippen MR) is 79.9 cm³/mol. The number of nitrogens with zero attached hydrogens (tertiary/aromatic N) is 3. The molecule has 2 heterocycles. The van der Waals surface area contributed by atoms with Gasteiger partial charge in [0.05, 0.1) is 0 Å². The van der Waals surface area contributed by atoms with Gasteiger partial charge < -0.3 is 12.5 Å². The second-order valence-corrected chi connectivity index (χ2v) is 3.99. The Labute approximate surface area is 151 Å². The molecule has 0 unspecified atom stereocenters. The maximum atomic E-state index is 13.1. The first-order valence-corrected chi connectivity index (χ1v) is 6.09. The van der Waals surface area contributed by atoms with Gasteiger partial charge in [0.1, 0.15) is 5.69 Å². The largest absolute Gasteiger partial charge is 0.477 e. The molecule has 0 saturated carbocycles. The molecule has 0 aliphatic heterocycles. The third-order valence-corrected chi connectivity index (χ3v) is 2.46. The summed E-state index contributed by atoms with van der Waals surface area (Å²) in [6, 6.07) is 10.7. The van der Waals surface area contributed by atoms with Gasteiger partial charge in [-0.25, -0.2) is 9.78 Å². The van der Waals surface area contributed by atoms with Crippen molar-refractivity contribution in [1.29, 1.82) is 0 Å². The number of carboxylic acids is 1. The van der Waals surface area contributed by atoms with Gasteiger partial charge in [-0.3, -0.25) is 13.5 Å². The summed E-state index contributed by atoms with van der Waals surface area (Å²) < 4.78 is 26.9. The molecule has 0 atom stereocenters. The van der Waals surface area contributed by atoms with Crippen LogP contribution in [-0.2, 0) is 20.1 Å². The molecule has 0 aliphatic rings. The van der Waals surface area contributed by atoms with Crippen LogP contribution in [0.2, 0.25) is 0 Å². The molecule has 5 nitrogen and oxygen atoms in total. The average Bonchev–Trinajstić information content (AvgIpc) is 3.03. The molecule has 3 aromatic rings. The molecular formula is C16H13F2IrN3O2-2. The molecule has 0 fully saturated rings. The first kappa shape index (κ1) is 21.6. The smallest absolute Gasteiger partial charge is 0.354 e. The molecular weight excluding hydrogens is 496 g/mol. The van der Waals surface area contributed by atoms with Crippen molar-refractivity contribution in [2.45, 2.75) is 0 Å². The monoisotopic (exact) mass is 510 g/mol. The van der Waals surface area contributed by atoms with E-state index < -0.39 is 17.6 Å². The van der Waals surface area contributed by atoms with E-state index in [2.05, 4.69) is 16.1 Å². The van der Waals surface area contributed by atoms with E-state index in [-0.39, 0.29) is 38.9 Å². The van der Waals surface area contributed by atoms with E-state index in [1.807, 2.05) is 0 Å². The molecule has 0 amide bonds. The van der Waals surface area contributed by atoms with Crippen LogP contribution in [0.3, 0.4) is 0 Å². The summed E-state index contributed by atoms with van der Waals surface area (Å²) in [6.07, 6.45) is 4.52. The van der Waals surface area contributed by atoms with Gasteiger partial charge in [-0.1, -0.05) is 6.07 Å². The Balaban J connectivity index is 0.000000431. The van der Waals surface area contributed by atoms with Crippen LogP contribution >= 0.6 is 0 Å². The van der Waals surface area contributed by atoms with Crippen LogP contribution in [0.1, 0.15) is 10.5 Å². The van der Waals surface area contributed by atoms with Crippen LogP contribution in [0.5, 0.6) is 0 Å². The van der Waals surface area contributed by atoms with Crippen molar-refractivity contribution in [3.05, 3.63) is 85.8 Å². The van der Waals surface area contributed by atoms with Crippen molar-refractivity contribution in [1.82, 2.24) is 14.8 Å². The van der Waals surface area contributed by atoms with Gasteiger partial charge in [0.15, 0.2) is 0 Å². The van der Waals surface area contributed by atoms with E-state index in [9.17, 15) is 13.6 Å². The fourth-order valence-electron chi connectivity index (χ4n) is 1.50. The molecule has 0 bridgehead atoms. The van der Waals surface area contributed by atoms with Crippen molar-refractivity contribution in [3.8, 4) is 5.69 Å². The number of benzene rings is 1. The number of halogens is 2. The summed E-state index contributed by atoms with van der Waals surface area (Å²) in [5.74, 6) is -2.31. The van der Waals surface area contributed by atoms with Gasteiger partial charge in [0, 0.05) is 50.3 Å². The van der Waals surface area contributed by atoms with E-state index in [0.717, 1.165) is 12.1 Å². The Hall–Kier alpha value is -2.44. The van der Waals surface area contributed by atoms with Crippen molar-refractivity contribution < 1.29 is 38.8 Å². The Kier molecular flexibility index (Phi) is 9.30. The van der Waals surface area contributed by atoms with E-state index in [0.29, 0.717) is 0 Å². The van der Waals surface area contributed by atoms with Crippen LogP contribution in [0, 0.1) is 25.1 Å². The Morgan fingerprint density at radius 2 is 1.96 bits per heavy atom. The second-order valence-electron chi connectivity index (χ2n) is 3.99. The fraction of sp³-hybridized carbons (Fsp3) is 0. The molecule has 24 heavy (non-hydrogen) atoms. The Bertz CT molecular complexity index is 753. The van der Waals surface area contributed by atoms with Crippen LogP contribution in [0.15, 0.2) is 55.0 Å². The molecule has 1 radical (unpaired) electrons. The zero-order valence-corrected chi connectivity index (χ0v) is 14.9. The third-order valence-electron chi connectivity index (χ3n) is 2.46. The maximum absolute atomic E-state index is 13.1. The third kappa shape index (κ3) is 5.98. The van der Waals surface area contributed by atoms with Gasteiger partial charge in [0.25, 0.3) is 0 Å². The normalized spacial score (nSPS) is 8.92. The predicted octanol–water partition coefficient (Wildman–Crippen LogP) is 3.18. The number of hydrogen-bond donors (Lipinski definition) is 1. The van der Waals surface area contributed by atoms with Crippen molar-refractivity contribution in [3.63, 3.8) is 0 Å². The molecule has 0 saturated heterocycles. The maximum Gasteiger partial charge on any atom is 0.354 e. The first-order chi connectivity index (χ1) is 10.6. The topological polar surface area (TPSA) is 68.0 Å². The van der Waals surface area contributed by atoms with Crippen LogP contribution in [0.4, 0.5) is 8.78 Å². The molecule has 1 aromatic carbocycles. The Morgan fingerprint density at radius 3 is 2.42 bits per heavy atom. The SMILES string of the molecule is Fc1c[c-]c(-n2cccn2)c(F)c1.O=C(O)c1ccccn1.[CH3-].[Ir]. The summed E-state index contributed by atoms with van der Waals surface area (Å²) >= 11 is 0. The number of carbonyl (C=O) groups is 1. The van der Waals surface area contributed by atoms with E-state index >= 15 is 0 Å². The van der Waals surface area contributed by atoms with E-state index in [1.165, 1.54) is 23.1 Å². The first-order valence-electron chi connectivity index (χ1n) is 6.09. The number of aromatic carboxylic acids is 1. The van der Waals surface area contributed by atoms with Crippen LogP contribution in [-0.4, -0.2) is 25.8 Å². The molecule has 0 spiro atoms. The zero-order chi connectivity index (χ0) is 15.9. The second kappa shape index (κ2) is 10.4. The molecule has 129 valence electrons. The van der Waals surface area contributed by atoms with Gasteiger partial charge in [0.2, 0.25) is 0 Å². The quantitative estimate of drug-likeness (QED) is 0.539. The molecule has 2 aromatic heterocycles. The molecule has 3 rings (SSSR count). The van der Waals surface area contributed by atoms with Gasteiger partial charge in [-0.15, -0.1) is 12.1 Å². The van der Waals surface area contributed by atoms with E-state index in [4.69, 9.17) is 5.11 Å². The van der Waals surface area contributed by atoms with Gasteiger partial charge in [-0.2, -0.15) is 11.2 Å². The van der Waals surface area contributed by atoms with Crippen LogP contribution in [0.25, 0.3) is 5.69 Å². The minimum Gasteiger partial charge on any atom is -0.477 e. The van der Waals surface area contributed by atoms with Gasteiger partial charge >= 0.3 is 5.97 Å². The van der Waals surface area contributed by atoms with E-state index in [1.54, 1.807) is 24.4 Å². The summed E-state index contributed by atoms with van der Waals surface area (Å²) in [5, 5.41) is 12.1. The fourth-order valence-corrected chi connectivity index (χ4v) is 1.50. The van der Waals surface area contributed by atoms with Gasteiger partial charge in [-0.05, 0) is 23.9 Å². The minimum absolute atomic E-state index is 0. The number of pyridine rings is 1. The minimum atomic E-state index is -0.990. The number of carboxylic acid groups (broad SMARTS) is 1. The van der Waals surface area contributed by atoms with Crippen LogP contribution < -0.4 is 0 Å². The Morgan fingerprint density at radius 1 is 1.21 bits per heavy atom.